The van der Waals surface area contributed by atoms with Gasteiger partial charge in [0.1, 0.15) is 5.60 Å². The molecule has 3 heterocycles. The highest BCUT2D eigenvalue weighted by molar-refractivity contribution is 5.99. The summed E-state index contributed by atoms with van der Waals surface area (Å²) in [6.45, 7) is 9.70. The van der Waals surface area contributed by atoms with Crippen LogP contribution >= 0.6 is 0 Å². The number of carbonyl (C=O) groups excluding carboxylic acids is 1. The lowest BCUT2D eigenvalue weighted by molar-refractivity contribution is 0.0169. The summed E-state index contributed by atoms with van der Waals surface area (Å²) in [6.07, 6.45) is 7.99. The number of para-hydroxylation sites is 1. The molecule has 0 spiro atoms. The molecule has 1 N–H and O–H groups in total. The third-order valence-electron chi connectivity index (χ3n) is 9.11. The van der Waals surface area contributed by atoms with Crippen LogP contribution in [-0.4, -0.2) is 58.4 Å². The number of aromatic nitrogens is 1. The number of amides is 1. The predicted molar refractivity (Wildman–Crippen MR) is 163 cm³/mol. The van der Waals surface area contributed by atoms with Gasteiger partial charge in [-0.2, -0.15) is 0 Å². The highest BCUT2D eigenvalue weighted by Gasteiger charge is 2.33. The Morgan fingerprint density at radius 1 is 0.951 bits per heavy atom. The molecule has 7 heteroatoms. The molecule has 0 bridgehead atoms. The van der Waals surface area contributed by atoms with E-state index in [4.69, 9.17) is 4.74 Å². The fraction of sp³-hybridized carbons (Fsp3) is 0.529. The van der Waals surface area contributed by atoms with Crippen LogP contribution in [0.5, 0.6) is 0 Å². The van der Waals surface area contributed by atoms with Crippen molar-refractivity contribution in [2.75, 3.05) is 31.1 Å². The number of fused-ring (bicyclic) bond motifs is 5. The van der Waals surface area contributed by atoms with Crippen molar-refractivity contribution in [2.45, 2.75) is 83.8 Å². The molecule has 2 fully saturated rings. The van der Waals surface area contributed by atoms with Gasteiger partial charge in [-0.3, -0.25) is 0 Å². The van der Waals surface area contributed by atoms with Gasteiger partial charge >= 0.3 is 12.1 Å². The number of anilines is 1. The minimum atomic E-state index is -0.885. The van der Waals surface area contributed by atoms with Crippen molar-refractivity contribution < 1.29 is 19.4 Å². The van der Waals surface area contributed by atoms with Crippen molar-refractivity contribution in [3.8, 4) is 11.3 Å². The van der Waals surface area contributed by atoms with Gasteiger partial charge < -0.3 is 24.2 Å². The zero-order chi connectivity index (χ0) is 28.7. The van der Waals surface area contributed by atoms with Crippen LogP contribution in [0.1, 0.15) is 87.6 Å². The smallest absolute Gasteiger partial charge is 0.410 e. The van der Waals surface area contributed by atoms with E-state index in [-0.39, 0.29) is 6.09 Å². The zero-order valence-corrected chi connectivity index (χ0v) is 24.7. The summed E-state index contributed by atoms with van der Waals surface area (Å²) in [5.41, 5.74) is 6.02. The van der Waals surface area contributed by atoms with E-state index in [1.165, 1.54) is 60.0 Å². The van der Waals surface area contributed by atoms with Crippen LogP contribution in [0.15, 0.2) is 42.5 Å². The molecular weight excluding hydrogens is 514 g/mol. The first-order valence-electron chi connectivity index (χ1n) is 15.4. The van der Waals surface area contributed by atoms with Gasteiger partial charge in [0.25, 0.3) is 0 Å². The van der Waals surface area contributed by atoms with Crippen LogP contribution < -0.4 is 4.90 Å². The number of aromatic carboxylic acids is 1. The standard InChI is InChI=1S/C34H43N3O4/c1-34(2,3)41-33(40)36-17-9-10-23(22-36)21-35-18-19-37-29-20-25(32(38)39)15-16-26(29)30(24-11-5-4-6-12-24)31(37)27-13-7-8-14-28(27)35/h7-8,13-16,20,23-24H,4-6,9-12,17-19,21-22H2,1-3H3,(H,38,39). The van der Waals surface area contributed by atoms with E-state index in [1.807, 2.05) is 31.7 Å². The van der Waals surface area contributed by atoms with Gasteiger partial charge in [-0.1, -0.05) is 43.5 Å². The van der Waals surface area contributed by atoms with Gasteiger partial charge in [0.2, 0.25) is 0 Å². The van der Waals surface area contributed by atoms with Gasteiger partial charge in [-0.05, 0) is 82.1 Å². The number of likely N-dealkylation sites (tertiary alicyclic amines) is 1. The lowest BCUT2D eigenvalue weighted by Gasteiger charge is -2.37. The Labute approximate surface area is 243 Å². The summed E-state index contributed by atoms with van der Waals surface area (Å²) >= 11 is 0. The second kappa shape index (κ2) is 11.1. The third kappa shape index (κ3) is 5.55. The Morgan fingerprint density at radius 3 is 2.49 bits per heavy atom. The molecule has 0 radical (unpaired) electrons. The molecule has 1 atom stereocenters. The van der Waals surface area contributed by atoms with Crippen molar-refractivity contribution >= 4 is 28.7 Å². The summed E-state index contributed by atoms with van der Waals surface area (Å²) in [5, 5.41) is 11.0. The SMILES string of the molecule is CC(C)(C)OC(=O)N1CCCC(CN2CCn3c(c(C4CCCCC4)c4ccc(C(=O)O)cc43)-c3ccccc32)C1. The molecule has 1 saturated carbocycles. The average Bonchev–Trinajstić information content (AvgIpc) is 3.19. The summed E-state index contributed by atoms with van der Waals surface area (Å²) < 4.78 is 8.09. The maximum absolute atomic E-state index is 12.9. The lowest BCUT2D eigenvalue weighted by atomic mass is 9.81. The minimum Gasteiger partial charge on any atom is -0.478 e. The van der Waals surface area contributed by atoms with Crippen molar-refractivity contribution in [3.05, 3.63) is 53.6 Å². The van der Waals surface area contributed by atoms with Crippen LogP contribution in [0.2, 0.25) is 0 Å². The number of benzene rings is 2. The van der Waals surface area contributed by atoms with Crippen LogP contribution in [0.3, 0.4) is 0 Å². The number of ether oxygens (including phenoxy) is 1. The first kappa shape index (κ1) is 27.7. The monoisotopic (exact) mass is 557 g/mol. The van der Waals surface area contributed by atoms with Crippen molar-refractivity contribution in [2.24, 2.45) is 5.92 Å². The highest BCUT2D eigenvalue weighted by atomic mass is 16.6. The largest absolute Gasteiger partial charge is 0.478 e. The third-order valence-corrected chi connectivity index (χ3v) is 9.11. The molecule has 2 aromatic carbocycles. The number of nitrogens with zero attached hydrogens (tertiary/aromatic N) is 3. The highest BCUT2D eigenvalue weighted by Crippen LogP contribution is 2.47. The van der Waals surface area contributed by atoms with Crippen molar-refractivity contribution in [3.63, 3.8) is 0 Å². The van der Waals surface area contributed by atoms with Crippen LogP contribution in [0.4, 0.5) is 10.5 Å². The summed E-state index contributed by atoms with van der Waals surface area (Å²) in [4.78, 5) is 29.2. The molecule has 7 nitrogen and oxygen atoms in total. The maximum Gasteiger partial charge on any atom is 0.410 e. The molecule has 1 unspecified atom stereocenters. The fourth-order valence-electron chi connectivity index (χ4n) is 7.33. The average molecular weight is 558 g/mol. The number of piperidine rings is 1. The molecule has 1 aromatic heterocycles. The maximum atomic E-state index is 12.9. The molecule has 218 valence electrons. The van der Waals surface area contributed by atoms with E-state index in [0.29, 0.717) is 23.9 Å². The Morgan fingerprint density at radius 2 is 1.73 bits per heavy atom. The normalized spacial score (nSPS) is 19.9. The fourth-order valence-corrected chi connectivity index (χ4v) is 7.33. The number of hydrogen-bond acceptors (Lipinski definition) is 4. The number of hydrogen-bond donors (Lipinski definition) is 1. The summed E-state index contributed by atoms with van der Waals surface area (Å²) in [7, 11) is 0. The number of carboxylic acids is 1. The molecule has 6 rings (SSSR count). The molecule has 1 saturated heterocycles. The van der Waals surface area contributed by atoms with Gasteiger partial charge in [-0.15, -0.1) is 0 Å². The first-order valence-corrected chi connectivity index (χ1v) is 15.4. The summed E-state index contributed by atoms with van der Waals surface area (Å²) in [6, 6.07) is 14.4. The molecule has 41 heavy (non-hydrogen) atoms. The van der Waals surface area contributed by atoms with E-state index in [1.54, 1.807) is 6.07 Å². The molecule has 1 amide bonds. The second-order valence-corrected chi connectivity index (χ2v) is 13.2. The quantitative estimate of drug-likeness (QED) is 0.359. The molecule has 3 aliphatic rings. The Balaban J connectivity index is 1.37. The Kier molecular flexibility index (Phi) is 7.47. The van der Waals surface area contributed by atoms with E-state index >= 15 is 0 Å². The van der Waals surface area contributed by atoms with Gasteiger partial charge in [-0.25, -0.2) is 9.59 Å². The number of rotatable bonds is 4. The van der Waals surface area contributed by atoms with Gasteiger partial charge in [0.15, 0.2) is 0 Å². The van der Waals surface area contributed by atoms with E-state index in [2.05, 4.69) is 39.8 Å². The van der Waals surface area contributed by atoms with Crippen LogP contribution in [0.25, 0.3) is 22.2 Å². The molecular formula is C34H43N3O4. The van der Waals surface area contributed by atoms with Gasteiger partial charge in [0.05, 0.1) is 11.3 Å². The molecule has 3 aromatic rings. The second-order valence-electron chi connectivity index (χ2n) is 13.2. The topological polar surface area (TPSA) is 75.0 Å². The van der Waals surface area contributed by atoms with Crippen molar-refractivity contribution in [1.29, 1.82) is 0 Å². The van der Waals surface area contributed by atoms with E-state index in [9.17, 15) is 14.7 Å². The van der Waals surface area contributed by atoms with Crippen LogP contribution in [-0.2, 0) is 11.3 Å². The Bertz CT molecular complexity index is 1450. The van der Waals surface area contributed by atoms with Crippen LogP contribution in [0, 0.1) is 5.92 Å². The molecule has 2 aliphatic heterocycles. The van der Waals surface area contributed by atoms with Gasteiger partial charge in [0, 0.05) is 54.9 Å². The zero-order valence-electron chi connectivity index (χ0n) is 24.7. The van der Waals surface area contributed by atoms with Crippen molar-refractivity contribution in [1.82, 2.24) is 9.47 Å². The number of carbonyl (C=O) groups is 2. The van der Waals surface area contributed by atoms with E-state index in [0.717, 1.165) is 44.5 Å². The minimum absolute atomic E-state index is 0.216. The molecule has 1 aliphatic carbocycles. The van der Waals surface area contributed by atoms with E-state index < -0.39 is 11.6 Å². The Hall–Kier alpha value is -3.48. The predicted octanol–water partition coefficient (Wildman–Crippen LogP) is 7.52. The first-order chi connectivity index (χ1) is 19.7. The lowest BCUT2D eigenvalue weighted by Crippen LogP contribution is -2.46. The summed E-state index contributed by atoms with van der Waals surface area (Å²) in [5.74, 6) is -0.0439. The number of carboxylic acid groups (broad SMARTS) is 1.